The normalized spacial score (nSPS) is 20.9. The van der Waals surface area contributed by atoms with Crippen molar-refractivity contribution in [3.63, 3.8) is 0 Å². The van der Waals surface area contributed by atoms with Crippen molar-refractivity contribution in [3.05, 3.63) is 47.2 Å². The number of β-lactam (4-membered cyclic amide) rings is 1. The Morgan fingerprint density at radius 1 is 1.24 bits per heavy atom. The number of hydrogen-bond donors (Lipinski definition) is 2. The van der Waals surface area contributed by atoms with Gasteiger partial charge >= 0.3 is 11.9 Å². The van der Waals surface area contributed by atoms with Crippen molar-refractivity contribution >= 4 is 35.5 Å². The second-order valence-corrected chi connectivity index (χ2v) is 8.90. The molecule has 154 valence electrons. The average Bonchev–Trinajstić information content (AvgIpc) is 2.64. The maximum absolute atomic E-state index is 12.3. The Balaban J connectivity index is 1.57. The van der Waals surface area contributed by atoms with Crippen molar-refractivity contribution < 1.29 is 29.0 Å². The van der Waals surface area contributed by atoms with Gasteiger partial charge in [0.15, 0.2) is 0 Å². The molecule has 0 spiro atoms. The molecule has 0 aliphatic carbocycles. The third-order valence-corrected chi connectivity index (χ3v) is 5.52. The van der Waals surface area contributed by atoms with Crippen LogP contribution in [0.3, 0.4) is 0 Å². The number of benzene rings is 1. The molecule has 0 radical (unpaired) electrons. The lowest BCUT2D eigenvalue weighted by atomic mass is 10.0. The number of fused-ring (bicyclic) bond motifs is 1. The predicted molar refractivity (Wildman–Crippen MR) is 106 cm³/mol. The van der Waals surface area contributed by atoms with Gasteiger partial charge in [0.1, 0.15) is 22.7 Å². The maximum atomic E-state index is 12.3. The number of amides is 2. The third-order valence-electron chi connectivity index (χ3n) is 4.34. The predicted octanol–water partition coefficient (Wildman–Crippen LogP) is 1.55. The number of carboxylic acid groups (broad SMARTS) is 1. The molecule has 1 aromatic carbocycles. The zero-order chi connectivity index (χ0) is 21.3. The second-order valence-electron chi connectivity index (χ2n) is 7.75. The lowest BCUT2D eigenvalue weighted by Crippen LogP contribution is -2.70. The summed E-state index contributed by atoms with van der Waals surface area (Å²) in [6, 6.07) is 5.77. The molecule has 3 rings (SSSR count). The van der Waals surface area contributed by atoms with Crippen LogP contribution in [-0.2, 0) is 25.5 Å². The van der Waals surface area contributed by atoms with Crippen LogP contribution in [0.15, 0.2) is 36.0 Å². The average molecular weight is 418 g/mol. The fraction of sp³-hybridized carbons (Fsp3) is 0.400. The van der Waals surface area contributed by atoms with Gasteiger partial charge in [-0.2, -0.15) is 0 Å². The zero-order valence-corrected chi connectivity index (χ0v) is 17.1. The third kappa shape index (κ3) is 4.61. The molecule has 8 nitrogen and oxygen atoms in total. The Labute approximate surface area is 172 Å². The van der Waals surface area contributed by atoms with Gasteiger partial charge in [-0.05, 0) is 44.5 Å². The molecular formula is C20H22N2O6S. The van der Waals surface area contributed by atoms with Crippen LogP contribution in [0, 0.1) is 0 Å². The van der Waals surface area contributed by atoms with Crippen LogP contribution in [0.4, 0.5) is 0 Å². The minimum absolute atomic E-state index is 0.0391. The first-order valence-corrected chi connectivity index (χ1v) is 10.1. The second kappa shape index (κ2) is 7.90. The van der Waals surface area contributed by atoms with Crippen LogP contribution in [0.1, 0.15) is 36.7 Å². The lowest BCUT2D eigenvalue weighted by molar-refractivity contribution is -0.150. The molecule has 29 heavy (non-hydrogen) atoms. The molecule has 0 bridgehead atoms. The fourth-order valence-electron chi connectivity index (χ4n) is 3.04. The summed E-state index contributed by atoms with van der Waals surface area (Å²) in [4.78, 5) is 49.1. The minimum Gasteiger partial charge on any atom is -0.477 e. The maximum Gasteiger partial charge on any atom is 0.352 e. The van der Waals surface area contributed by atoms with E-state index in [2.05, 4.69) is 5.32 Å². The highest BCUT2D eigenvalue weighted by atomic mass is 32.2. The van der Waals surface area contributed by atoms with Crippen LogP contribution < -0.4 is 5.32 Å². The number of carbonyl (C=O) groups excluding carboxylic acids is 3. The quantitative estimate of drug-likeness (QED) is 0.551. The molecule has 1 aromatic rings. The van der Waals surface area contributed by atoms with E-state index in [9.17, 15) is 24.3 Å². The zero-order valence-electron chi connectivity index (χ0n) is 16.3. The number of nitrogens with one attached hydrogen (secondary N) is 1. The molecule has 1 saturated heterocycles. The highest BCUT2D eigenvalue weighted by Crippen LogP contribution is 2.37. The van der Waals surface area contributed by atoms with Crippen molar-refractivity contribution in [2.45, 2.75) is 44.2 Å². The summed E-state index contributed by atoms with van der Waals surface area (Å²) in [6.45, 7) is 5.35. The monoisotopic (exact) mass is 418 g/mol. The van der Waals surface area contributed by atoms with Crippen LogP contribution in [0.2, 0.25) is 0 Å². The van der Waals surface area contributed by atoms with E-state index in [0.29, 0.717) is 16.9 Å². The summed E-state index contributed by atoms with van der Waals surface area (Å²) in [7, 11) is 0. The number of thioether (sulfide) groups is 1. The van der Waals surface area contributed by atoms with Crippen LogP contribution in [-0.4, -0.2) is 56.5 Å². The highest BCUT2D eigenvalue weighted by molar-refractivity contribution is 8.00. The molecule has 9 heteroatoms. The summed E-state index contributed by atoms with van der Waals surface area (Å²) in [6.07, 6.45) is 1.53. The highest BCUT2D eigenvalue weighted by Gasteiger charge is 2.52. The molecular weight excluding hydrogens is 396 g/mol. The van der Waals surface area contributed by atoms with E-state index < -0.39 is 34.9 Å². The first-order chi connectivity index (χ1) is 13.6. The van der Waals surface area contributed by atoms with Gasteiger partial charge in [-0.1, -0.05) is 12.1 Å². The van der Waals surface area contributed by atoms with Gasteiger partial charge in [-0.3, -0.25) is 14.5 Å². The van der Waals surface area contributed by atoms with Crippen LogP contribution >= 0.6 is 11.8 Å². The van der Waals surface area contributed by atoms with Gasteiger partial charge in [-0.15, -0.1) is 11.8 Å². The SMILES string of the molecule is CC(C)(C)OC(=O)c1ccc(CC(=O)NC2C(=O)N3C(C(=O)O)=CCSC23)cc1. The number of aliphatic carboxylic acids is 1. The molecule has 0 saturated carbocycles. The number of nitrogens with zero attached hydrogens (tertiary/aromatic N) is 1. The molecule has 1 fully saturated rings. The number of carbonyl (C=O) groups is 4. The van der Waals surface area contributed by atoms with Crippen molar-refractivity contribution in [1.82, 2.24) is 10.2 Å². The van der Waals surface area contributed by atoms with E-state index in [1.807, 2.05) is 0 Å². The van der Waals surface area contributed by atoms with Crippen molar-refractivity contribution in [2.75, 3.05) is 5.75 Å². The topological polar surface area (TPSA) is 113 Å². The molecule has 2 aliphatic rings. The minimum atomic E-state index is -1.15. The molecule has 0 aromatic heterocycles. The Morgan fingerprint density at radius 3 is 2.48 bits per heavy atom. The summed E-state index contributed by atoms with van der Waals surface area (Å²) >= 11 is 1.40. The van der Waals surface area contributed by atoms with E-state index >= 15 is 0 Å². The van der Waals surface area contributed by atoms with Crippen molar-refractivity contribution in [1.29, 1.82) is 0 Å². The fourth-order valence-corrected chi connectivity index (χ4v) is 4.24. The van der Waals surface area contributed by atoms with E-state index in [-0.39, 0.29) is 18.0 Å². The molecule has 2 heterocycles. The van der Waals surface area contributed by atoms with Gasteiger partial charge in [0, 0.05) is 5.75 Å². The summed E-state index contributed by atoms with van der Waals surface area (Å²) in [5.74, 6) is -1.90. The van der Waals surface area contributed by atoms with E-state index in [4.69, 9.17) is 4.74 Å². The number of hydrogen-bond acceptors (Lipinski definition) is 6. The Bertz CT molecular complexity index is 887. The first-order valence-electron chi connectivity index (χ1n) is 9.06. The molecule has 2 N–H and O–H groups in total. The lowest BCUT2D eigenvalue weighted by Gasteiger charge is -2.48. The van der Waals surface area contributed by atoms with Gasteiger partial charge in [0.25, 0.3) is 5.91 Å². The Morgan fingerprint density at radius 2 is 1.90 bits per heavy atom. The number of esters is 1. The van der Waals surface area contributed by atoms with Crippen molar-refractivity contribution in [3.8, 4) is 0 Å². The summed E-state index contributed by atoms with van der Waals surface area (Å²) in [5.41, 5.74) is 0.439. The Kier molecular flexibility index (Phi) is 5.70. The van der Waals surface area contributed by atoms with Crippen molar-refractivity contribution in [2.24, 2.45) is 0 Å². The molecule has 2 amide bonds. The number of carboxylic acids is 1. The van der Waals surface area contributed by atoms with Gasteiger partial charge in [-0.25, -0.2) is 9.59 Å². The van der Waals surface area contributed by atoms with E-state index in [0.717, 1.165) is 0 Å². The summed E-state index contributed by atoms with van der Waals surface area (Å²) < 4.78 is 5.30. The van der Waals surface area contributed by atoms with Gasteiger partial charge in [0.2, 0.25) is 5.91 Å². The van der Waals surface area contributed by atoms with Gasteiger partial charge in [0.05, 0.1) is 12.0 Å². The Hall–Kier alpha value is -2.81. The summed E-state index contributed by atoms with van der Waals surface area (Å²) in [5, 5.41) is 11.4. The van der Waals surface area contributed by atoms with Crippen LogP contribution in [0.5, 0.6) is 0 Å². The van der Waals surface area contributed by atoms with Crippen LogP contribution in [0.25, 0.3) is 0 Å². The van der Waals surface area contributed by atoms with E-state index in [1.54, 1.807) is 45.0 Å². The number of ether oxygens (including phenoxy) is 1. The van der Waals surface area contributed by atoms with Gasteiger partial charge < -0.3 is 15.2 Å². The number of rotatable bonds is 5. The largest absolute Gasteiger partial charge is 0.477 e. The smallest absolute Gasteiger partial charge is 0.352 e. The first kappa shape index (κ1) is 20.9. The molecule has 2 unspecified atom stereocenters. The van der Waals surface area contributed by atoms with E-state index in [1.165, 1.54) is 22.7 Å². The molecule has 2 atom stereocenters. The standard InChI is InChI=1S/C20H22N2O6S/c1-20(2,3)28-19(27)12-6-4-11(5-7-12)10-14(23)21-15-16(24)22-13(18(25)26)8-9-29-17(15)22/h4-8,15,17H,9-10H2,1-3H3,(H,21,23)(H,25,26). The molecule has 2 aliphatic heterocycles.